The summed E-state index contributed by atoms with van der Waals surface area (Å²) >= 11 is 0. The van der Waals surface area contributed by atoms with Crippen LogP contribution in [0, 0.1) is 0 Å². The lowest BCUT2D eigenvalue weighted by Crippen LogP contribution is -2.35. The lowest BCUT2D eigenvalue weighted by molar-refractivity contribution is 0.225. The van der Waals surface area contributed by atoms with Crippen molar-refractivity contribution in [3.05, 3.63) is 0 Å². The van der Waals surface area contributed by atoms with E-state index in [1.165, 1.54) is 25.9 Å². The maximum atomic E-state index is 5.87. The van der Waals surface area contributed by atoms with Crippen LogP contribution in [0.1, 0.15) is 19.8 Å². The van der Waals surface area contributed by atoms with E-state index >= 15 is 0 Å². The first-order valence-corrected chi connectivity index (χ1v) is 5.24. The van der Waals surface area contributed by atoms with Gasteiger partial charge in [0.15, 0.2) is 0 Å². The molecule has 1 saturated heterocycles. The SMILES string of the molecule is CC(CCN(C)C)N1CCC(N)C1. The molecule has 1 aliphatic heterocycles. The number of hydrogen-bond acceptors (Lipinski definition) is 3. The van der Waals surface area contributed by atoms with Crippen LogP contribution in [0.15, 0.2) is 0 Å². The Morgan fingerprint density at radius 3 is 2.69 bits per heavy atom. The predicted molar refractivity (Wildman–Crippen MR) is 56.8 cm³/mol. The van der Waals surface area contributed by atoms with E-state index in [1.54, 1.807) is 0 Å². The Hall–Kier alpha value is -0.120. The number of likely N-dealkylation sites (tertiary alicyclic amines) is 1. The topological polar surface area (TPSA) is 32.5 Å². The lowest BCUT2D eigenvalue weighted by Gasteiger charge is -2.25. The largest absolute Gasteiger partial charge is 0.326 e. The van der Waals surface area contributed by atoms with Gasteiger partial charge >= 0.3 is 0 Å². The zero-order chi connectivity index (χ0) is 9.84. The van der Waals surface area contributed by atoms with Gasteiger partial charge in [0.1, 0.15) is 0 Å². The highest BCUT2D eigenvalue weighted by molar-refractivity contribution is 4.81. The monoisotopic (exact) mass is 185 g/mol. The van der Waals surface area contributed by atoms with Gasteiger partial charge in [0.2, 0.25) is 0 Å². The average molecular weight is 185 g/mol. The fourth-order valence-corrected chi connectivity index (χ4v) is 1.84. The Balaban J connectivity index is 2.19. The van der Waals surface area contributed by atoms with E-state index < -0.39 is 0 Å². The van der Waals surface area contributed by atoms with Crippen molar-refractivity contribution < 1.29 is 0 Å². The van der Waals surface area contributed by atoms with Crippen LogP contribution in [0.4, 0.5) is 0 Å². The quantitative estimate of drug-likeness (QED) is 0.686. The molecular formula is C10H23N3. The summed E-state index contributed by atoms with van der Waals surface area (Å²) in [4.78, 5) is 4.75. The molecule has 0 amide bonds. The van der Waals surface area contributed by atoms with Crippen molar-refractivity contribution in [1.29, 1.82) is 0 Å². The van der Waals surface area contributed by atoms with E-state index in [-0.39, 0.29) is 0 Å². The van der Waals surface area contributed by atoms with Crippen LogP contribution in [0.2, 0.25) is 0 Å². The Morgan fingerprint density at radius 2 is 2.23 bits per heavy atom. The van der Waals surface area contributed by atoms with Gasteiger partial charge in [-0.05, 0) is 47.0 Å². The summed E-state index contributed by atoms with van der Waals surface area (Å²) < 4.78 is 0. The number of nitrogens with two attached hydrogens (primary N) is 1. The molecule has 3 nitrogen and oxygen atoms in total. The first kappa shape index (κ1) is 11.0. The van der Waals surface area contributed by atoms with Crippen LogP contribution in [0.5, 0.6) is 0 Å². The molecule has 0 aromatic rings. The summed E-state index contributed by atoms with van der Waals surface area (Å²) in [6.45, 7) is 5.76. The Labute approximate surface area is 81.9 Å². The van der Waals surface area contributed by atoms with Crippen molar-refractivity contribution in [2.24, 2.45) is 5.73 Å². The maximum Gasteiger partial charge on any atom is 0.0180 e. The normalized spacial score (nSPS) is 27.0. The van der Waals surface area contributed by atoms with Crippen molar-refractivity contribution in [3.8, 4) is 0 Å². The van der Waals surface area contributed by atoms with Gasteiger partial charge < -0.3 is 10.6 Å². The predicted octanol–water partition coefficient (Wildman–Crippen LogP) is 0.360. The van der Waals surface area contributed by atoms with Crippen LogP contribution in [0.3, 0.4) is 0 Å². The summed E-state index contributed by atoms with van der Waals surface area (Å²) in [5.41, 5.74) is 5.87. The number of rotatable bonds is 4. The van der Waals surface area contributed by atoms with E-state index in [1.807, 2.05) is 0 Å². The molecule has 0 radical (unpaired) electrons. The van der Waals surface area contributed by atoms with Gasteiger partial charge in [-0.1, -0.05) is 0 Å². The molecule has 2 N–H and O–H groups in total. The Morgan fingerprint density at radius 1 is 1.54 bits per heavy atom. The zero-order valence-electron chi connectivity index (χ0n) is 9.16. The minimum absolute atomic E-state index is 0.418. The molecule has 2 atom stereocenters. The standard InChI is InChI=1S/C10H23N3/c1-9(4-6-12(2)3)13-7-5-10(11)8-13/h9-10H,4-8,11H2,1-3H3. The third-order valence-corrected chi connectivity index (χ3v) is 2.87. The first-order valence-electron chi connectivity index (χ1n) is 5.24. The molecule has 0 aliphatic carbocycles. The molecule has 1 aliphatic rings. The van der Waals surface area contributed by atoms with E-state index in [0.29, 0.717) is 12.1 Å². The molecule has 1 rings (SSSR count). The van der Waals surface area contributed by atoms with Crippen LogP contribution >= 0.6 is 0 Å². The molecule has 78 valence electrons. The molecule has 0 spiro atoms. The maximum absolute atomic E-state index is 5.87. The third-order valence-electron chi connectivity index (χ3n) is 2.87. The van der Waals surface area contributed by atoms with E-state index in [4.69, 9.17) is 5.73 Å². The van der Waals surface area contributed by atoms with E-state index in [9.17, 15) is 0 Å². The minimum atomic E-state index is 0.418. The van der Waals surface area contributed by atoms with Crippen LogP contribution in [0.25, 0.3) is 0 Å². The molecule has 0 aromatic carbocycles. The Kier molecular flexibility index (Phi) is 4.16. The van der Waals surface area contributed by atoms with Crippen molar-refractivity contribution in [1.82, 2.24) is 9.80 Å². The van der Waals surface area contributed by atoms with Crippen molar-refractivity contribution in [2.45, 2.75) is 31.8 Å². The van der Waals surface area contributed by atoms with Gasteiger partial charge in [-0.15, -0.1) is 0 Å². The molecule has 1 heterocycles. The van der Waals surface area contributed by atoms with Crippen molar-refractivity contribution in [3.63, 3.8) is 0 Å². The van der Waals surface area contributed by atoms with Crippen molar-refractivity contribution >= 4 is 0 Å². The second kappa shape index (κ2) is 4.94. The summed E-state index contributed by atoms with van der Waals surface area (Å²) in [5, 5.41) is 0. The number of nitrogens with zero attached hydrogens (tertiary/aromatic N) is 2. The fourth-order valence-electron chi connectivity index (χ4n) is 1.84. The summed E-state index contributed by atoms with van der Waals surface area (Å²) in [6, 6.07) is 1.11. The van der Waals surface area contributed by atoms with Gasteiger partial charge in [0.25, 0.3) is 0 Å². The number of hydrogen-bond donors (Lipinski definition) is 1. The molecule has 13 heavy (non-hydrogen) atoms. The summed E-state index contributed by atoms with van der Waals surface area (Å²) in [5.74, 6) is 0. The Bertz CT molecular complexity index is 147. The van der Waals surface area contributed by atoms with Crippen molar-refractivity contribution in [2.75, 3.05) is 33.7 Å². The van der Waals surface area contributed by atoms with Crippen LogP contribution in [-0.4, -0.2) is 55.6 Å². The van der Waals surface area contributed by atoms with Gasteiger partial charge in [-0.25, -0.2) is 0 Å². The zero-order valence-corrected chi connectivity index (χ0v) is 9.16. The highest BCUT2D eigenvalue weighted by Crippen LogP contribution is 2.13. The fraction of sp³-hybridized carbons (Fsp3) is 1.00. The van der Waals surface area contributed by atoms with Gasteiger partial charge in [0, 0.05) is 18.6 Å². The van der Waals surface area contributed by atoms with E-state index in [2.05, 4.69) is 30.8 Å². The second-order valence-corrected chi connectivity index (χ2v) is 4.48. The molecule has 2 unspecified atom stereocenters. The molecule has 1 fully saturated rings. The minimum Gasteiger partial charge on any atom is -0.326 e. The van der Waals surface area contributed by atoms with E-state index in [0.717, 1.165) is 6.54 Å². The molecule has 0 saturated carbocycles. The molecular weight excluding hydrogens is 162 g/mol. The summed E-state index contributed by atoms with van der Waals surface area (Å²) in [7, 11) is 4.25. The van der Waals surface area contributed by atoms with Crippen LogP contribution < -0.4 is 5.73 Å². The smallest absolute Gasteiger partial charge is 0.0180 e. The molecule has 0 bridgehead atoms. The highest BCUT2D eigenvalue weighted by Gasteiger charge is 2.22. The molecule has 3 heteroatoms. The van der Waals surface area contributed by atoms with Gasteiger partial charge in [-0.2, -0.15) is 0 Å². The second-order valence-electron chi connectivity index (χ2n) is 4.48. The molecule has 0 aromatic heterocycles. The highest BCUT2D eigenvalue weighted by atomic mass is 15.2. The third kappa shape index (κ3) is 3.63. The lowest BCUT2D eigenvalue weighted by atomic mass is 10.2. The summed E-state index contributed by atoms with van der Waals surface area (Å²) in [6.07, 6.45) is 2.42. The van der Waals surface area contributed by atoms with Crippen LogP contribution in [-0.2, 0) is 0 Å². The van der Waals surface area contributed by atoms with Gasteiger partial charge in [0.05, 0.1) is 0 Å². The first-order chi connectivity index (χ1) is 6.09. The van der Waals surface area contributed by atoms with Gasteiger partial charge in [-0.3, -0.25) is 4.90 Å². The average Bonchev–Trinajstić information content (AvgIpc) is 2.47.